The molecule has 0 spiro atoms. The minimum absolute atomic E-state index is 0.211. The van der Waals surface area contributed by atoms with E-state index in [4.69, 9.17) is 0 Å². The van der Waals surface area contributed by atoms with E-state index in [0.717, 1.165) is 24.9 Å². The topological polar surface area (TPSA) is 34.0 Å². The lowest BCUT2D eigenvalue weighted by molar-refractivity contribution is 0.491. The summed E-state index contributed by atoms with van der Waals surface area (Å²) in [6.07, 6.45) is 3.38. The number of aryl methyl sites for hydroxylation is 1. The van der Waals surface area contributed by atoms with Crippen LogP contribution in [0.1, 0.15) is 50.9 Å². The quantitative estimate of drug-likeness (QED) is 0.884. The van der Waals surface area contributed by atoms with Gasteiger partial charge in [-0.1, -0.05) is 27.7 Å². The fourth-order valence-corrected chi connectivity index (χ4v) is 2.78. The molecular weight excluding hydrogens is 236 g/mol. The Morgan fingerprint density at radius 3 is 2.63 bits per heavy atom. The van der Waals surface area contributed by atoms with Crippen molar-refractivity contribution in [1.82, 2.24) is 9.88 Å². The molecule has 0 amide bonds. The normalized spacial score (nSPS) is 14.4. The minimum Gasteiger partial charge on any atom is -0.312 e. The van der Waals surface area contributed by atoms with Gasteiger partial charge in [0.1, 0.15) is 0 Å². The lowest BCUT2D eigenvalue weighted by atomic mass is 10.1. The summed E-state index contributed by atoms with van der Waals surface area (Å²) in [5.74, 6) is 0.510. The van der Waals surface area contributed by atoms with Crippen molar-refractivity contribution in [2.24, 2.45) is 5.92 Å². The van der Waals surface area contributed by atoms with Gasteiger partial charge in [0.05, 0.1) is 0 Å². The summed E-state index contributed by atoms with van der Waals surface area (Å²) < 4.78 is 2.03. The molecule has 0 bridgehead atoms. The van der Waals surface area contributed by atoms with Gasteiger partial charge in [0.15, 0.2) is 0 Å². The molecule has 0 saturated carbocycles. The minimum atomic E-state index is 0.211. The van der Waals surface area contributed by atoms with Crippen molar-refractivity contribution >= 4 is 0 Å². The van der Waals surface area contributed by atoms with Gasteiger partial charge in [0.25, 0.3) is 5.56 Å². The van der Waals surface area contributed by atoms with Crippen molar-refractivity contribution in [3.8, 4) is 0 Å². The van der Waals surface area contributed by atoms with E-state index in [9.17, 15) is 4.79 Å². The number of nitrogens with zero attached hydrogens (tertiary/aromatic N) is 1. The van der Waals surface area contributed by atoms with Crippen LogP contribution in [0, 0.1) is 5.92 Å². The second-order valence-electron chi connectivity index (χ2n) is 6.34. The highest BCUT2D eigenvalue weighted by atomic mass is 16.1. The fraction of sp³-hybridized carbons (Fsp3) is 0.688. The number of fused-ring (bicyclic) bond motifs is 1. The zero-order valence-electron chi connectivity index (χ0n) is 12.6. The van der Waals surface area contributed by atoms with Crippen molar-refractivity contribution in [2.75, 3.05) is 0 Å². The molecule has 3 nitrogen and oxygen atoms in total. The maximum atomic E-state index is 12.6. The Morgan fingerprint density at radius 1 is 1.26 bits per heavy atom. The Hall–Kier alpha value is -1.09. The van der Waals surface area contributed by atoms with Gasteiger partial charge in [-0.15, -0.1) is 0 Å². The highest BCUT2D eigenvalue weighted by Crippen LogP contribution is 2.22. The molecule has 0 unspecified atom stereocenters. The molecule has 0 aliphatic heterocycles. The molecule has 19 heavy (non-hydrogen) atoms. The SMILES string of the molecule is CC(C)Cn1c2c(cc(CNC(C)C)c1=O)CCC2. The molecule has 0 radical (unpaired) electrons. The summed E-state index contributed by atoms with van der Waals surface area (Å²) in [6.45, 7) is 10.1. The van der Waals surface area contributed by atoms with Crippen LogP contribution in [-0.4, -0.2) is 10.6 Å². The van der Waals surface area contributed by atoms with E-state index in [1.807, 2.05) is 4.57 Å². The number of pyridine rings is 1. The van der Waals surface area contributed by atoms with Crippen LogP contribution in [0.2, 0.25) is 0 Å². The highest BCUT2D eigenvalue weighted by molar-refractivity contribution is 5.30. The lowest BCUT2D eigenvalue weighted by Crippen LogP contribution is -2.32. The second-order valence-corrected chi connectivity index (χ2v) is 6.34. The Kier molecular flexibility index (Phi) is 4.46. The first-order valence-corrected chi connectivity index (χ1v) is 7.47. The fourth-order valence-electron chi connectivity index (χ4n) is 2.78. The molecule has 1 aromatic rings. The lowest BCUT2D eigenvalue weighted by Gasteiger charge is -2.17. The van der Waals surface area contributed by atoms with Gasteiger partial charge >= 0.3 is 0 Å². The van der Waals surface area contributed by atoms with Gasteiger partial charge in [-0.2, -0.15) is 0 Å². The van der Waals surface area contributed by atoms with E-state index in [1.54, 1.807) is 0 Å². The van der Waals surface area contributed by atoms with Crippen LogP contribution in [0.25, 0.3) is 0 Å². The summed E-state index contributed by atoms with van der Waals surface area (Å²) >= 11 is 0. The zero-order valence-corrected chi connectivity index (χ0v) is 12.6. The summed E-state index contributed by atoms with van der Waals surface area (Å²) in [6, 6.07) is 2.54. The third kappa shape index (κ3) is 3.27. The van der Waals surface area contributed by atoms with Gasteiger partial charge in [0, 0.05) is 30.4 Å². The van der Waals surface area contributed by atoms with Crippen molar-refractivity contribution in [1.29, 1.82) is 0 Å². The first-order chi connectivity index (χ1) is 8.99. The molecule has 1 aliphatic rings. The van der Waals surface area contributed by atoms with Gasteiger partial charge in [-0.3, -0.25) is 4.79 Å². The Morgan fingerprint density at radius 2 is 2.00 bits per heavy atom. The highest BCUT2D eigenvalue weighted by Gasteiger charge is 2.19. The standard InChI is InChI=1S/C16H26N2O/c1-11(2)10-18-15-7-5-6-13(15)8-14(16(18)19)9-17-12(3)4/h8,11-12,17H,5-7,9-10H2,1-4H3. The smallest absolute Gasteiger partial charge is 0.255 e. The van der Waals surface area contributed by atoms with Crippen LogP contribution < -0.4 is 10.9 Å². The van der Waals surface area contributed by atoms with E-state index < -0.39 is 0 Å². The third-order valence-electron chi connectivity index (χ3n) is 3.67. The van der Waals surface area contributed by atoms with Crippen molar-refractivity contribution in [3.63, 3.8) is 0 Å². The van der Waals surface area contributed by atoms with E-state index in [2.05, 4.69) is 39.1 Å². The van der Waals surface area contributed by atoms with Gasteiger partial charge < -0.3 is 9.88 Å². The number of hydrogen-bond acceptors (Lipinski definition) is 2. The van der Waals surface area contributed by atoms with E-state index in [-0.39, 0.29) is 5.56 Å². The van der Waals surface area contributed by atoms with Crippen molar-refractivity contribution in [3.05, 3.63) is 33.2 Å². The summed E-state index contributed by atoms with van der Waals surface area (Å²) in [7, 11) is 0. The summed E-state index contributed by atoms with van der Waals surface area (Å²) in [4.78, 5) is 12.6. The summed E-state index contributed by atoms with van der Waals surface area (Å²) in [5.41, 5.74) is 3.81. The Labute approximate surface area is 116 Å². The first-order valence-electron chi connectivity index (χ1n) is 7.47. The number of rotatable bonds is 5. The molecule has 1 aliphatic carbocycles. The van der Waals surface area contributed by atoms with Crippen LogP contribution in [0.5, 0.6) is 0 Å². The predicted molar refractivity (Wildman–Crippen MR) is 79.5 cm³/mol. The largest absolute Gasteiger partial charge is 0.312 e. The van der Waals surface area contributed by atoms with Crippen LogP contribution in [0.4, 0.5) is 0 Å². The Balaban J connectivity index is 2.37. The maximum Gasteiger partial charge on any atom is 0.255 e. The van der Waals surface area contributed by atoms with Crippen molar-refractivity contribution < 1.29 is 0 Å². The van der Waals surface area contributed by atoms with E-state index >= 15 is 0 Å². The number of hydrogen-bond donors (Lipinski definition) is 1. The van der Waals surface area contributed by atoms with Crippen LogP contribution in [0.3, 0.4) is 0 Å². The molecule has 0 atom stereocenters. The van der Waals surface area contributed by atoms with Crippen LogP contribution >= 0.6 is 0 Å². The van der Waals surface area contributed by atoms with Gasteiger partial charge in [-0.25, -0.2) is 0 Å². The van der Waals surface area contributed by atoms with Crippen LogP contribution in [0.15, 0.2) is 10.9 Å². The molecule has 1 heterocycles. The summed E-state index contributed by atoms with van der Waals surface area (Å²) in [5, 5.41) is 3.36. The molecule has 1 N–H and O–H groups in total. The Bertz CT molecular complexity index is 500. The second kappa shape index (κ2) is 5.91. The maximum absolute atomic E-state index is 12.6. The van der Waals surface area contributed by atoms with E-state index in [0.29, 0.717) is 18.5 Å². The van der Waals surface area contributed by atoms with Crippen LogP contribution in [-0.2, 0) is 25.9 Å². The molecule has 0 fully saturated rings. The first kappa shape index (κ1) is 14.3. The molecule has 3 heteroatoms. The van der Waals surface area contributed by atoms with Crippen molar-refractivity contribution in [2.45, 2.75) is 66.1 Å². The monoisotopic (exact) mass is 262 g/mol. The molecule has 106 valence electrons. The molecular formula is C16H26N2O. The average Bonchev–Trinajstić information content (AvgIpc) is 2.78. The average molecular weight is 262 g/mol. The zero-order chi connectivity index (χ0) is 14.0. The number of aromatic nitrogens is 1. The molecule has 2 rings (SSSR count). The molecule has 1 aromatic heterocycles. The van der Waals surface area contributed by atoms with E-state index in [1.165, 1.54) is 17.7 Å². The van der Waals surface area contributed by atoms with Gasteiger partial charge in [0.2, 0.25) is 0 Å². The third-order valence-corrected chi connectivity index (χ3v) is 3.67. The molecule has 0 aromatic carbocycles. The number of nitrogens with one attached hydrogen (secondary N) is 1. The molecule has 0 saturated heterocycles. The van der Waals surface area contributed by atoms with Gasteiger partial charge in [-0.05, 0) is 36.8 Å². The predicted octanol–water partition coefficient (Wildman–Crippen LogP) is 2.49.